The molecule has 5 heteroatoms. The van der Waals surface area contributed by atoms with Gasteiger partial charge >= 0.3 is 0 Å². The number of aromatic amines is 1. The number of nitrogens with zero attached hydrogens (tertiary/aromatic N) is 1. The summed E-state index contributed by atoms with van der Waals surface area (Å²) in [5, 5.41) is 11.1. The van der Waals surface area contributed by atoms with Gasteiger partial charge in [0.1, 0.15) is 0 Å². The van der Waals surface area contributed by atoms with Crippen molar-refractivity contribution in [1.82, 2.24) is 15.5 Å². The molecule has 1 heterocycles. The van der Waals surface area contributed by atoms with Crippen molar-refractivity contribution in [2.24, 2.45) is 0 Å². The minimum Gasteiger partial charge on any atom is -0.348 e. The van der Waals surface area contributed by atoms with E-state index in [0.29, 0.717) is 16.8 Å². The molecule has 0 bridgehead atoms. The first-order valence-electron chi connectivity index (χ1n) is 5.18. The molecule has 0 atom stereocenters. The van der Waals surface area contributed by atoms with Crippen molar-refractivity contribution in [3.05, 3.63) is 28.9 Å². The van der Waals surface area contributed by atoms with Gasteiger partial charge in [0.2, 0.25) is 0 Å². The Morgan fingerprint density at radius 3 is 3.06 bits per heavy atom. The smallest absolute Gasteiger partial charge is 0.272 e. The molecule has 2 aromatic rings. The van der Waals surface area contributed by atoms with E-state index in [2.05, 4.69) is 15.5 Å². The number of carbonyl (C=O) groups excluding carboxylic acids is 1. The lowest BCUT2D eigenvalue weighted by molar-refractivity contribution is 0.0947. The van der Waals surface area contributed by atoms with Crippen LogP contribution in [0.5, 0.6) is 0 Å². The second kappa shape index (κ2) is 3.49. The van der Waals surface area contributed by atoms with Gasteiger partial charge in [-0.25, -0.2) is 0 Å². The summed E-state index contributed by atoms with van der Waals surface area (Å²) in [6.45, 7) is 0. The molecule has 0 unspecified atom stereocenters. The largest absolute Gasteiger partial charge is 0.348 e. The Hall–Kier alpha value is -1.55. The summed E-state index contributed by atoms with van der Waals surface area (Å²) in [4.78, 5) is 11.8. The summed E-state index contributed by atoms with van der Waals surface area (Å²) in [5.74, 6) is -0.129. The number of amides is 1. The van der Waals surface area contributed by atoms with Crippen molar-refractivity contribution in [1.29, 1.82) is 0 Å². The fourth-order valence-electron chi connectivity index (χ4n) is 1.64. The van der Waals surface area contributed by atoms with Crippen LogP contribution in [0.4, 0.5) is 0 Å². The maximum Gasteiger partial charge on any atom is 0.272 e. The van der Waals surface area contributed by atoms with Gasteiger partial charge in [0, 0.05) is 16.5 Å². The third kappa shape index (κ3) is 1.65. The molecule has 0 aliphatic heterocycles. The minimum atomic E-state index is -0.129. The Labute approximate surface area is 97.0 Å². The maximum atomic E-state index is 11.8. The van der Waals surface area contributed by atoms with Crippen LogP contribution in [0.1, 0.15) is 23.3 Å². The Bertz CT molecular complexity index is 559. The van der Waals surface area contributed by atoms with Crippen molar-refractivity contribution >= 4 is 28.4 Å². The highest BCUT2D eigenvalue weighted by molar-refractivity contribution is 6.31. The van der Waals surface area contributed by atoms with Gasteiger partial charge in [-0.05, 0) is 31.0 Å². The van der Waals surface area contributed by atoms with Crippen LogP contribution in [-0.4, -0.2) is 22.1 Å². The van der Waals surface area contributed by atoms with Crippen molar-refractivity contribution in [3.63, 3.8) is 0 Å². The van der Waals surface area contributed by atoms with E-state index in [1.165, 1.54) is 0 Å². The third-order valence-electron chi connectivity index (χ3n) is 2.65. The van der Waals surface area contributed by atoms with Crippen LogP contribution in [0.3, 0.4) is 0 Å². The van der Waals surface area contributed by atoms with E-state index in [-0.39, 0.29) is 5.91 Å². The molecule has 82 valence electrons. The van der Waals surface area contributed by atoms with Gasteiger partial charge in [0.15, 0.2) is 5.69 Å². The molecule has 4 nitrogen and oxygen atoms in total. The molecule has 1 aliphatic rings. The number of nitrogens with one attached hydrogen (secondary N) is 2. The highest BCUT2D eigenvalue weighted by atomic mass is 35.5. The van der Waals surface area contributed by atoms with Crippen LogP contribution in [0.2, 0.25) is 5.02 Å². The summed E-state index contributed by atoms with van der Waals surface area (Å²) in [7, 11) is 0. The van der Waals surface area contributed by atoms with Crippen molar-refractivity contribution in [2.45, 2.75) is 18.9 Å². The zero-order chi connectivity index (χ0) is 11.1. The molecule has 1 amide bonds. The summed E-state index contributed by atoms with van der Waals surface area (Å²) in [5.41, 5.74) is 1.25. The predicted octanol–water partition coefficient (Wildman–Crippen LogP) is 2.11. The number of aromatic nitrogens is 2. The van der Waals surface area contributed by atoms with Crippen LogP contribution < -0.4 is 5.32 Å². The summed E-state index contributed by atoms with van der Waals surface area (Å²) >= 11 is 5.90. The Kier molecular flexibility index (Phi) is 2.11. The Morgan fingerprint density at radius 1 is 1.50 bits per heavy atom. The summed E-state index contributed by atoms with van der Waals surface area (Å²) in [6, 6.07) is 5.67. The van der Waals surface area contributed by atoms with E-state index in [9.17, 15) is 4.79 Å². The van der Waals surface area contributed by atoms with E-state index in [4.69, 9.17) is 11.6 Å². The van der Waals surface area contributed by atoms with Gasteiger partial charge in [-0.1, -0.05) is 11.6 Å². The Morgan fingerprint density at radius 2 is 2.31 bits per heavy atom. The van der Waals surface area contributed by atoms with E-state index in [1.54, 1.807) is 12.1 Å². The molecule has 0 spiro atoms. The van der Waals surface area contributed by atoms with Crippen molar-refractivity contribution < 1.29 is 4.79 Å². The van der Waals surface area contributed by atoms with Gasteiger partial charge < -0.3 is 5.32 Å². The fraction of sp³-hybridized carbons (Fsp3) is 0.273. The fourth-order valence-corrected chi connectivity index (χ4v) is 1.81. The lowest BCUT2D eigenvalue weighted by atomic mass is 10.2. The number of benzene rings is 1. The first-order valence-corrected chi connectivity index (χ1v) is 5.56. The highest BCUT2D eigenvalue weighted by Crippen LogP contribution is 2.23. The molecule has 1 aromatic heterocycles. The molecule has 2 N–H and O–H groups in total. The van der Waals surface area contributed by atoms with Gasteiger partial charge in [-0.3, -0.25) is 9.89 Å². The van der Waals surface area contributed by atoms with E-state index >= 15 is 0 Å². The SMILES string of the molecule is O=C(NC1CC1)c1n[nH]c2ccc(Cl)cc12. The van der Waals surface area contributed by atoms with Crippen LogP contribution in [-0.2, 0) is 0 Å². The topological polar surface area (TPSA) is 57.8 Å². The second-order valence-corrected chi connectivity index (χ2v) is 4.45. The molecular weight excluding hydrogens is 226 g/mol. The van der Waals surface area contributed by atoms with E-state index < -0.39 is 0 Å². The molecule has 0 radical (unpaired) electrons. The second-order valence-electron chi connectivity index (χ2n) is 4.01. The first kappa shape index (κ1) is 9.66. The molecule has 16 heavy (non-hydrogen) atoms. The number of hydrogen-bond acceptors (Lipinski definition) is 2. The molecule has 1 fully saturated rings. The quantitative estimate of drug-likeness (QED) is 0.838. The normalized spacial score (nSPS) is 15.3. The van der Waals surface area contributed by atoms with Gasteiger partial charge in [-0.2, -0.15) is 5.10 Å². The average Bonchev–Trinajstić information content (AvgIpc) is 2.96. The lowest BCUT2D eigenvalue weighted by Gasteiger charge is -1.99. The van der Waals surface area contributed by atoms with Gasteiger partial charge in [0.25, 0.3) is 5.91 Å². The monoisotopic (exact) mass is 235 g/mol. The number of H-pyrrole nitrogens is 1. The molecular formula is C11H10ClN3O. The van der Waals surface area contributed by atoms with E-state index in [0.717, 1.165) is 23.7 Å². The van der Waals surface area contributed by atoms with E-state index in [1.807, 2.05) is 6.07 Å². The van der Waals surface area contributed by atoms with Gasteiger partial charge in [-0.15, -0.1) is 0 Å². The first-order chi connectivity index (χ1) is 7.74. The number of carbonyl (C=O) groups is 1. The maximum absolute atomic E-state index is 11.8. The summed E-state index contributed by atoms with van der Waals surface area (Å²) in [6.07, 6.45) is 2.13. The zero-order valence-electron chi connectivity index (χ0n) is 8.46. The number of rotatable bonds is 2. The molecule has 1 saturated carbocycles. The number of fused-ring (bicyclic) bond motifs is 1. The molecule has 3 rings (SSSR count). The molecule has 1 aromatic carbocycles. The van der Waals surface area contributed by atoms with Crippen LogP contribution in [0, 0.1) is 0 Å². The van der Waals surface area contributed by atoms with Crippen LogP contribution >= 0.6 is 11.6 Å². The number of halogens is 1. The average molecular weight is 236 g/mol. The lowest BCUT2D eigenvalue weighted by Crippen LogP contribution is -2.25. The molecule has 0 saturated heterocycles. The Balaban J connectivity index is 2.01. The molecule has 1 aliphatic carbocycles. The third-order valence-corrected chi connectivity index (χ3v) is 2.89. The van der Waals surface area contributed by atoms with Crippen molar-refractivity contribution in [2.75, 3.05) is 0 Å². The van der Waals surface area contributed by atoms with Crippen molar-refractivity contribution in [3.8, 4) is 0 Å². The van der Waals surface area contributed by atoms with Crippen LogP contribution in [0.25, 0.3) is 10.9 Å². The predicted molar refractivity (Wildman–Crippen MR) is 61.6 cm³/mol. The zero-order valence-corrected chi connectivity index (χ0v) is 9.21. The minimum absolute atomic E-state index is 0.129. The summed E-state index contributed by atoms with van der Waals surface area (Å²) < 4.78 is 0. The standard InChI is InChI=1S/C11H10ClN3O/c12-6-1-4-9-8(5-6)10(15-14-9)11(16)13-7-2-3-7/h1,4-5,7H,2-3H2,(H,13,16)(H,14,15). The highest BCUT2D eigenvalue weighted by Gasteiger charge is 2.25. The number of hydrogen-bond donors (Lipinski definition) is 2. The van der Waals surface area contributed by atoms with Gasteiger partial charge in [0.05, 0.1) is 5.52 Å². The van der Waals surface area contributed by atoms with Crippen LogP contribution in [0.15, 0.2) is 18.2 Å².